The molecule has 7 heavy (non-hydrogen) atoms. The third kappa shape index (κ3) is 5.47. The first-order valence-electron chi connectivity index (χ1n) is 2.51. The molecule has 0 bridgehead atoms. The number of nitrogens with one attached hydrogen (secondary N) is 1. The Bertz CT molecular complexity index is 65.4. The van der Waals surface area contributed by atoms with E-state index in [2.05, 4.69) is 5.32 Å². The zero-order valence-corrected chi connectivity index (χ0v) is 4.82. The summed E-state index contributed by atoms with van der Waals surface area (Å²) in [5, 5.41) is 2.66. The topological polar surface area (TPSA) is 29.1 Å². The number of hydrogen-bond donors (Lipinski definition) is 1. The minimum absolute atomic E-state index is 0. The Balaban J connectivity index is 0. The standard InChI is InChI=1S/C5H11NO.H2/c1-3-4-6-5(2)7;/h3-4H2,1-2H3,(H,6,7);1H. The van der Waals surface area contributed by atoms with Crippen LogP contribution >= 0.6 is 0 Å². The van der Waals surface area contributed by atoms with Gasteiger partial charge in [-0.1, -0.05) is 6.92 Å². The summed E-state index contributed by atoms with van der Waals surface area (Å²) < 4.78 is 0. The van der Waals surface area contributed by atoms with Gasteiger partial charge in [-0.05, 0) is 6.42 Å². The first kappa shape index (κ1) is 6.47. The van der Waals surface area contributed by atoms with E-state index >= 15 is 0 Å². The Hall–Kier alpha value is -0.530. The molecule has 1 amide bonds. The van der Waals surface area contributed by atoms with Crippen molar-refractivity contribution in [2.45, 2.75) is 20.3 Å². The third-order valence-corrected chi connectivity index (χ3v) is 0.624. The fraction of sp³-hybridized carbons (Fsp3) is 0.800. The lowest BCUT2D eigenvalue weighted by molar-refractivity contribution is -0.118. The molecule has 2 heteroatoms. The molecular formula is C5H13NO. The van der Waals surface area contributed by atoms with Crippen LogP contribution < -0.4 is 5.32 Å². The van der Waals surface area contributed by atoms with E-state index in [-0.39, 0.29) is 7.33 Å². The molecule has 0 spiro atoms. The normalized spacial score (nSPS) is 8.29. The van der Waals surface area contributed by atoms with E-state index in [0.29, 0.717) is 0 Å². The highest BCUT2D eigenvalue weighted by Gasteiger charge is 1.83. The number of carbonyl (C=O) groups excluding carboxylic acids is 1. The Morgan fingerprint density at radius 2 is 2.43 bits per heavy atom. The zero-order chi connectivity index (χ0) is 5.70. The van der Waals surface area contributed by atoms with Crippen LogP contribution in [0.4, 0.5) is 0 Å². The summed E-state index contributed by atoms with van der Waals surface area (Å²) in [6.45, 7) is 4.35. The second-order valence-corrected chi connectivity index (χ2v) is 1.48. The molecule has 0 rings (SSSR count). The van der Waals surface area contributed by atoms with Gasteiger partial charge in [0, 0.05) is 14.9 Å². The molecule has 0 aliphatic heterocycles. The van der Waals surface area contributed by atoms with Crippen molar-refractivity contribution in [2.24, 2.45) is 0 Å². The summed E-state index contributed by atoms with van der Waals surface area (Å²) >= 11 is 0. The summed E-state index contributed by atoms with van der Waals surface area (Å²) in [7, 11) is 0. The van der Waals surface area contributed by atoms with Crippen molar-refractivity contribution in [3.05, 3.63) is 0 Å². The Morgan fingerprint density at radius 1 is 1.86 bits per heavy atom. The summed E-state index contributed by atoms with van der Waals surface area (Å²) in [5.74, 6) is 0.0573. The largest absolute Gasteiger partial charge is 0.356 e. The van der Waals surface area contributed by atoms with Crippen LogP contribution in [-0.2, 0) is 4.79 Å². The summed E-state index contributed by atoms with van der Waals surface area (Å²) in [4.78, 5) is 10.1. The number of hydrogen-bond acceptors (Lipinski definition) is 1. The molecule has 0 radical (unpaired) electrons. The summed E-state index contributed by atoms with van der Waals surface area (Å²) in [6, 6.07) is 0. The predicted octanol–water partition coefficient (Wildman–Crippen LogP) is 0.778. The molecule has 0 saturated carbocycles. The van der Waals surface area contributed by atoms with Crippen molar-refractivity contribution in [2.75, 3.05) is 6.54 Å². The highest BCUT2D eigenvalue weighted by Crippen LogP contribution is 1.67. The van der Waals surface area contributed by atoms with Crippen LogP contribution in [0.25, 0.3) is 0 Å². The predicted molar refractivity (Wildman–Crippen MR) is 31.1 cm³/mol. The van der Waals surface area contributed by atoms with E-state index in [1.807, 2.05) is 6.92 Å². The Morgan fingerprint density at radius 3 is 2.57 bits per heavy atom. The summed E-state index contributed by atoms with van der Waals surface area (Å²) in [5.41, 5.74) is 0. The van der Waals surface area contributed by atoms with Gasteiger partial charge in [0.15, 0.2) is 0 Å². The molecule has 0 aliphatic rings. The minimum Gasteiger partial charge on any atom is -0.356 e. The molecule has 2 nitrogen and oxygen atoms in total. The van der Waals surface area contributed by atoms with Gasteiger partial charge in [0.05, 0.1) is 0 Å². The molecule has 0 fully saturated rings. The maximum atomic E-state index is 10.1. The van der Waals surface area contributed by atoms with Gasteiger partial charge in [-0.2, -0.15) is 0 Å². The molecule has 0 heterocycles. The molecule has 0 aromatic carbocycles. The van der Waals surface area contributed by atoms with Gasteiger partial charge in [-0.25, -0.2) is 0 Å². The third-order valence-electron chi connectivity index (χ3n) is 0.624. The molecule has 0 aromatic rings. The van der Waals surface area contributed by atoms with Crippen molar-refractivity contribution in [3.8, 4) is 0 Å². The van der Waals surface area contributed by atoms with Gasteiger partial charge in [-0.15, -0.1) is 0 Å². The summed E-state index contributed by atoms with van der Waals surface area (Å²) in [6.07, 6.45) is 1.01. The first-order chi connectivity index (χ1) is 3.27. The fourth-order valence-electron chi connectivity index (χ4n) is 0.301. The monoisotopic (exact) mass is 103 g/mol. The van der Waals surface area contributed by atoms with Crippen LogP contribution in [-0.4, -0.2) is 12.5 Å². The van der Waals surface area contributed by atoms with Crippen molar-refractivity contribution in [1.82, 2.24) is 5.32 Å². The average Bonchev–Trinajstić information content (AvgIpc) is 1.61. The number of carbonyl (C=O) groups is 1. The van der Waals surface area contributed by atoms with E-state index in [4.69, 9.17) is 0 Å². The van der Waals surface area contributed by atoms with Crippen LogP contribution in [0.2, 0.25) is 0 Å². The minimum atomic E-state index is 0. The van der Waals surface area contributed by atoms with E-state index in [1.54, 1.807) is 0 Å². The van der Waals surface area contributed by atoms with Crippen LogP contribution in [0.1, 0.15) is 21.7 Å². The Kier molecular flexibility index (Phi) is 3.38. The highest BCUT2D eigenvalue weighted by molar-refractivity contribution is 5.72. The molecule has 0 atom stereocenters. The lowest BCUT2D eigenvalue weighted by Crippen LogP contribution is -2.19. The van der Waals surface area contributed by atoms with E-state index in [0.717, 1.165) is 13.0 Å². The quantitative estimate of drug-likeness (QED) is 0.549. The Labute approximate surface area is 45.4 Å². The zero-order valence-electron chi connectivity index (χ0n) is 4.82. The van der Waals surface area contributed by atoms with Gasteiger partial charge in [0.1, 0.15) is 0 Å². The fourth-order valence-corrected chi connectivity index (χ4v) is 0.301. The lowest BCUT2D eigenvalue weighted by atomic mass is 10.5. The highest BCUT2D eigenvalue weighted by atomic mass is 16.1. The maximum absolute atomic E-state index is 10.1. The molecule has 0 unspecified atom stereocenters. The van der Waals surface area contributed by atoms with Crippen molar-refractivity contribution in [3.63, 3.8) is 0 Å². The number of amides is 1. The molecule has 44 valence electrons. The van der Waals surface area contributed by atoms with Crippen LogP contribution in [0.3, 0.4) is 0 Å². The van der Waals surface area contributed by atoms with Crippen molar-refractivity contribution < 1.29 is 6.22 Å². The van der Waals surface area contributed by atoms with E-state index in [9.17, 15) is 4.79 Å². The van der Waals surface area contributed by atoms with Crippen LogP contribution in [0.15, 0.2) is 0 Å². The van der Waals surface area contributed by atoms with E-state index in [1.165, 1.54) is 6.92 Å². The smallest absolute Gasteiger partial charge is 0.216 e. The molecule has 0 aromatic heterocycles. The van der Waals surface area contributed by atoms with Gasteiger partial charge >= 0.3 is 0 Å². The first-order valence-corrected chi connectivity index (χ1v) is 2.51. The number of rotatable bonds is 2. The van der Waals surface area contributed by atoms with Gasteiger partial charge < -0.3 is 5.32 Å². The molecule has 0 saturated heterocycles. The second-order valence-electron chi connectivity index (χ2n) is 1.48. The SMILES string of the molecule is CCCNC(C)=O.[HH]. The van der Waals surface area contributed by atoms with Crippen molar-refractivity contribution >= 4 is 5.91 Å². The van der Waals surface area contributed by atoms with Crippen molar-refractivity contribution in [1.29, 1.82) is 0 Å². The maximum Gasteiger partial charge on any atom is 0.216 e. The van der Waals surface area contributed by atoms with Crippen LogP contribution in [0.5, 0.6) is 0 Å². The lowest BCUT2D eigenvalue weighted by Gasteiger charge is -1.93. The molecule has 0 aliphatic carbocycles. The van der Waals surface area contributed by atoms with E-state index < -0.39 is 0 Å². The van der Waals surface area contributed by atoms with Gasteiger partial charge in [0.2, 0.25) is 5.91 Å². The van der Waals surface area contributed by atoms with Gasteiger partial charge in [-0.3, -0.25) is 4.79 Å². The molecular weight excluding hydrogens is 90.1 g/mol. The molecule has 1 N–H and O–H groups in total. The van der Waals surface area contributed by atoms with Crippen LogP contribution in [0, 0.1) is 0 Å². The van der Waals surface area contributed by atoms with Gasteiger partial charge in [0.25, 0.3) is 0 Å². The average molecular weight is 103 g/mol. The second kappa shape index (κ2) is 3.65.